The van der Waals surface area contributed by atoms with Crippen molar-refractivity contribution in [1.82, 2.24) is 0 Å². The second-order valence-corrected chi connectivity index (χ2v) is 7.08. The van der Waals surface area contributed by atoms with E-state index in [-0.39, 0.29) is 17.2 Å². The zero-order valence-corrected chi connectivity index (χ0v) is 16.1. The Morgan fingerprint density at radius 2 is 1.29 bits per heavy atom. The molecule has 6 heteroatoms. The molecule has 0 aliphatic carbocycles. The van der Waals surface area contributed by atoms with Gasteiger partial charge in [-0.05, 0) is 47.7 Å². The first-order chi connectivity index (χ1) is 13.3. The van der Waals surface area contributed by atoms with E-state index in [0.29, 0.717) is 25.7 Å². The molecule has 2 aromatic rings. The van der Waals surface area contributed by atoms with E-state index < -0.39 is 11.9 Å². The molecule has 0 spiro atoms. The fourth-order valence-corrected chi connectivity index (χ4v) is 2.72. The van der Waals surface area contributed by atoms with Crippen LogP contribution in [0.15, 0.2) is 48.5 Å². The van der Waals surface area contributed by atoms with Crippen LogP contribution in [-0.4, -0.2) is 34.9 Å². The van der Waals surface area contributed by atoms with E-state index in [2.05, 4.69) is 13.8 Å². The molecule has 0 radical (unpaired) electrons. The van der Waals surface area contributed by atoms with Gasteiger partial charge < -0.3 is 19.7 Å². The van der Waals surface area contributed by atoms with Gasteiger partial charge >= 0.3 is 11.9 Å². The molecule has 0 saturated carbocycles. The lowest BCUT2D eigenvalue weighted by Gasteiger charge is -2.20. The van der Waals surface area contributed by atoms with Gasteiger partial charge in [-0.15, -0.1) is 0 Å². The lowest BCUT2D eigenvalue weighted by atomic mass is 10.1. The third-order valence-corrected chi connectivity index (χ3v) is 4.19. The van der Waals surface area contributed by atoms with Crippen LogP contribution < -0.4 is 0 Å². The molecule has 6 nitrogen and oxygen atoms in total. The first-order valence-electron chi connectivity index (χ1n) is 9.19. The molecule has 0 amide bonds. The number of benzene rings is 2. The van der Waals surface area contributed by atoms with Gasteiger partial charge in [0.25, 0.3) is 0 Å². The highest BCUT2D eigenvalue weighted by atomic mass is 16.5. The molecule has 1 atom stereocenters. The Balaban J connectivity index is 1.85. The Kier molecular flexibility index (Phi) is 8.17. The second-order valence-electron chi connectivity index (χ2n) is 7.08. The molecule has 1 unspecified atom stereocenters. The molecule has 0 aliphatic rings. The van der Waals surface area contributed by atoms with Crippen molar-refractivity contribution in [3.8, 4) is 0 Å². The van der Waals surface area contributed by atoms with Gasteiger partial charge in [0.05, 0.1) is 37.1 Å². The van der Waals surface area contributed by atoms with Gasteiger partial charge in [-0.1, -0.05) is 38.1 Å². The van der Waals surface area contributed by atoms with Crippen LogP contribution in [0.3, 0.4) is 0 Å². The summed E-state index contributed by atoms with van der Waals surface area (Å²) in [5, 5.41) is 17.9. The molecule has 2 aromatic carbocycles. The number of rotatable bonds is 11. The van der Waals surface area contributed by atoms with Crippen molar-refractivity contribution in [2.75, 3.05) is 6.61 Å². The van der Waals surface area contributed by atoms with E-state index in [1.807, 2.05) is 0 Å². The Morgan fingerprint density at radius 1 is 0.821 bits per heavy atom. The van der Waals surface area contributed by atoms with Crippen LogP contribution in [0, 0.1) is 5.92 Å². The molecule has 2 N–H and O–H groups in total. The monoisotopic (exact) mass is 386 g/mol. The third-order valence-electron chi connectivity index (χ3n) is 4.19. The molecular weight excluding hydrogens is 360 g/mol. The SMILES string of the molecule is CC(C)CC(COCc1ccc(C(=O)O)cc1)OCc1ccc(C(=O)O)cc1. The molecule has 0 aliphatic heterocycles. The zero-order chi connectivity index (χ0) is 20.5. The summed E-state index contributed by atoms with van der Waals surface area (Å²) in [6, 6.07) is 13.2. The normalized spacial score (nSPS) is 12.1. The maximum absolute atomic E-state index is 10.9. The average Bonchev–Trinajstić information content (AvgIpc) is 2.66. The summed E-state index contributed by atoms with van der Waals surface area (Å²) in [5.74, 6) is -1.46. The van der Waals surface area contributed by atoms with Crippen LogP contribution in [0.2, 0.25) is 0 Å². The van der Waals surface area contributed by atoms with Crippen molar-refractivity contribution in [3.63, 3.8) is 0 Å². The first kappa shape index (κ1) is 21.6. The lowest BCUT2D eigenvalue weighted by molar-refractivity contribution is -0.0385. The Bertz CT molecular complexity index is 765. The maximum Gasteiger partial charge on any atom is 0.335 e. The van der Waals surface area contributed by atoms with Crippen molar-refractivity contribution >= 4 is 11.9 Å². The minimum atomic E-state index is -0.950. The van der Waals surface area contributed by atoms with Crippen molar-refractivity contribution in [2.45, 2.75) is 39.6 Å². The van der Waals surface area contributed by atoms with Gasteiger partial charge in [0.2, 0.25) is 0 Å². The lowest BCUT2D eigenvalue weighted by Crippen LogP contribution is -2.22. The standard InChI is InChI=1S/C22H26O6/c1-15(2)11-20(28-13-17-5-9-19(10-6-17)22(25)26)14-27-12-16-3-7-18(8-4-16)21(23)24/h3-10,15,20H,11-14H2,1-2H3,(H,23,24)(H,25,26). The molecule has 150 valence electrons. The maximum atomic E-state index is 10.9. The van der Waals surface area contributed by atoms with Crippen LogP contribution in [0.25, 0.3) is 0 Å². The van der Waals surface area contributed by atoms with E-state index in [1.54, 1.807) is 48.5 Å². The Labute approximate surface area is 164 Å². The van der Waals surface area contributed by atoms with Crippen LogP contribution in [0.5, 0.6) is 0 Å². The highest BCUT2D eigenvalue weighted by molar-refractivity contribution is 5.87. The average molecular weight is 386 g/mol. The molecule has 2 rings (SSSR count). The van der Waals surface area contributed by atoms with Gasteiger partial charge in [-0.3, -0.25) is 0 Å². The van der Waals surface area contributed by atoms with Crippen LogP contribution in [-0.2, 0) is 22.7 Å². The summed E-state index contributed by atoms with van der Waals surface area (Å²) in [6.07, 6.45) is 0.753. The summed E-state index contributed by atoms with van der Waals surface area (Å²) in [4.78, 5) is 21.8. The van der Waals surface area contributed by atoms with Crippen molar-refractivity contribution in [3.05, 3.63) is 70.8 Å². The number of carboxylic acid groups (broad SMARTS) is 2. The number of hydrogen-bond donors (Lipinski definition) is 2. The quantitative estimate of drug-likeness (QED) is 0.600. The van der Waals surface area contributed by atoms with Gasteiger partial charge in [0.15, 0.2) is 0 Å². The van der Waals surface area contributed by atoms with Crippen LogP contribution >= 0.6 is 0 Å². The third kappa shape index (κ3) is 7.13. The zero-order valence-electron chi connectivity index (χ0n) is 16.1. The van der Waals surface area contributed by atoms with E-state index in [1.165, 1.54) is 0 Å². The molecule has 0 bridgehead atoms. The highest BCUT2D eigenvalue weighted by Crippen LogP contribution is 2.14. The van der Waals surface area contributed by atoms with Gasteiger partial charge in [-0.25, -0.2) is 9.59 Å². The number of ether oxygens (including phenoxy) is 2. The predicted octanol–water partition coefficient (Wildman–Crippen LogP) is 4.23. The number of aromatic carboxylic acids is 2. The largest absolute Gasteiger partial charge is 0.478 e. The van der Waals surface area contributed by atoms with Gasteiger partial charge in [0.1, 0.15) is 0 Å². The van der Waals surface area contributed by atoms with Gasteiger partial charge in [0, 0.05) is 0 Å². The number of carbonyl (C=O) groups is 2. The van der Waals surface area contributed by atoms with E-state index >= 15 is 0 Å². The number of hydrogen-bond acceptors (Lipinski definition) is 4. The molecule has 0 heterocycles. The highest BCUT2D eigenvalue weighted by Gasteiger charge is 2.13. The van der Waals surface area contributed by atoms with Crippen molar-refractivity contribution in [1.29, 1.82) is 0 Å². The molecule has 28 heavy (non-hydrogen) atoms. The summed E-state index contributed by atoms with van der Waals surface area (Å²) < 4.78 is 11.7. The second kappa shape index (κ2) is 10.6. The molecule has 0 saturated heterocycles. The summed E-state index contributed by atoms with van der Waals surface area (Å²) >= 11 is 0. The Morgan fingerprint density at radius 3 is 1.71 bits per heavy atom. The first-order valence-corrected chi connectivity index (χ1v) is 9.19. The molecular formula is C22H26O6. The van der Waals surface area contributed by atoms with E-state index in [4.69, 9.17) is 19.7 Å². The minimum Gasteiger partial charge on any atom is -0.478 e. The van der Waals surface area contributed by atoms with Crippen molar-refractivity contribution in [2.24, 2.45) is 5.92 Å². The van der Waals surface area contributed by atoms with Crippen LogP contribution in [0.4, 0.5) is 0 Å². The summed E-state index contributed by atoms with van der Waals surface area (Å²) in [6.45, 7) is 5.41. The smallest absolute Gasteiger partial charge is 0.335 e. The fourth-order valence-electron chi connectivity index (χ4n) is 2.72. The van der Waals surface area contributed by atoms with Crippen LogP contribution in [0.1, 0.15) is 52.1 Å². The Hall–Kier alpha value is -2.70. The molecule has 0 aromatic heterocycles. The summed E-state index contributed by atoms with van der Waals surface area (Å²) in [7, 11) is 0. The predicted molar refractivity (Wildman–Crippen MR) is 104 cm³/mol. The number of carboxylic acids is 2. The fraction of sp³-hybridized carbons (Fsp3) is 0.364. The van der Waals surface area contributed by atoms with Crippen molar-refractivity contribution < 1.29 is 29.3 Å². The molecule has 0 fully saturated rings. The van der Waals surface area contributed by atoms with Gasteiger partial charge in [-0.2, -0.15) is 0 Å². The topological polar surface area (TPSA) is 93.1 Å². The van der Waals surface area contributed by atoms with E-state index in [0.717, 1.165) is 17.5 Å². The van der Waals surface area contributed by atoms with E-state index in [9.17, 15) is 9.59 Å². The minimum absolute atomic E-state index is 0.0857. The summed E-state index contributed by atoms with van der Waals surface area (Å²) in [5.41, 5.74) is 2.30.